The van der Waals surface area contributed by atoms with Crippen molar-refractivity contribution in [1.82, 2.24) is 5.32 Å². The lowest BCUT2D eigenvalue weighted by Gasteiger charge is -2.17. The fraction of sp³-hybridized carbons (Fsp3) is 0.667. The predicted molar refractivity (Wildman–Crippen MR) is 58.6 cm³/mol. The standard InChI is InChI=1S/C9H18NO4P/c1-3-5-6-8(7-15(12,13)14)10-9(11)4-2/h4,8H,2-3,5-7H2,1H3,(H,10,11)(H2,12,13,14). The van der Waals surface area contributed by atoms with E-state index >= 15 is 0 Å². The third kappa shape index (κ3) is 8.36. The third-order valence-electron chi connectivity index (χ3n) is 1.90. The summed E-state index contributed by atoms with van der Waals surface area (Å²) in [5, 5.41) is 2.51. The molecule has 0 saturated heterocycles. The smallest absolute Gasteiger partial charge is 0.327 e. The second kappa shape index (κ2) is 6.77. The molecule has 0 saturated carbocycles. The van der Waals surface area contributed by atoms with Crippen LogP contribution in [0.4, 0.5) is 0 Å². The molecule has 1 unspecified atom stereocenters. The van der Waals surface area contributed by atoms with Gasteiger partial charge in [0.05, 0.1) is 6.16 Å². The van der Waals surface area contributed by atoms with Crippen molar-refractivity contribution < 1.29 is 19.1 Å². The maximum atomic E-state index is 11.0. The largest absolute Gasteiger partial charge is 0.349 e. The Bertz CT molecular complexity index is 261. The molecular formula is C9H18NO4P. The Balaban J connectivity index is 4.24. The van der Waals surface area contributed by atoms with E-state index in [0.717, 1.165) is 18.9 Å². The zero-order valence-corrected chi connectivity index (χ0v) is 9.74. The molecule has 0 fully saturated rings. The van der Waals surface area contributed by atoms with Crippen LogP contribution in [0.1, 0.15) is 26.2 Å². The van der Waals surface area contributed by atoms with E-state index in [1.807, 2.05) is 6.92 Å². The molecule has 0 bridgehead atoms. The molecule has 1 atom stereocenters. The zero-order chi connectivity index (χ0) is 11.9. The van der Waals surface area contributed by atoms with Crippen LogP contribution in [0.5, 0.6) is 0 Å². The van der Waals surface area contributed by atoms with Gasteiger partial charge in [-0.15, -0.1) is 0 Å². The molecule has 0 spiro atoms. The highest BCUT2D eigenvalue weighted by molar-refractivity contribution is 7.51. The van der Waals surface area contributed by atoms with Crippen LogP contribution in [0.2, 0.25) is 0 Å². The van der Waals surface area contributed by atoms with Gasteiger partial charge in [0.25, 0.3) is 0 Å². The molecule has 15 heavy (non-hydrogen) atoms. The van der Waals surface area contributed by atoms with Crippen LogP contribution < -0.4 is 5.32 Å². The highest BCUT2D eigenvalue weighted by atomic mass is 31.2. The van der Waals surface area contributed by atoms with Gasteiger partial charge in [-0.3, -0.25) is 9.36 Å². The number of rotatable bonds is 7. The summed E-state index contributed by atoms with van der Waals surface area (Å²) in [5.74, 6) is -0.399. The van der Waals surface area contributed by atoms with E-state index < -0.39 is 19.5 Å². The van der Waals surface area contributed by atoms with Gasteiger partial charge in [-0.1, -0.05) is 26.3 Å². The van der Waals surface area contributed by atoms with Crippen LogP contribution in [0.25, 0.3) is 0 Å². The SMILES string of the molecule is C=CC(=O)NC(CCCC)CP(=O)(O)O. The van der Waals surface area contributed by atoms with Gasteiger partial charge < -0.3 is 15.1 Å². The monoisotopic (exact) mass is 235 g/mol. The molecule has 0 aliphatic heterocycles. The molecule has 5 nitrogen and oxygen atoms in total. The van der Waals surface area contributed by atoms with Gasteiger partial charge in [-0.25, -0.2) is 0 Å². The number of amides is 1. The average molecular weight is 235 g/mol. The minimum absolute atomic E-state index is 0.313. The Morgan fingerprint density at radius 1 is 1.60 bits per heavy atom. The molecule has 0 aromatic carbocycles. The van der Waals surface area contributed by atoms with Gasteiger partial charge in [0.2, 0.25) is 5.91 Å². The van der Waals surface area contributed by atoms with Crippen molar-refractivity contribution >= 4 is 13.5 Å². The maximum Gasteiger partial charge on any atom is 0.327 e. The van der Waals surface area contributed by atoms with Crippen molar-refractivity contribution in [3.63, 3.8) is 0 Å². The Labute approximate surface area is 89.7 Å². The van der Waals surface area contributed by atoms with Crippen molar-refractivity contribution in [2.24, 2.45) is 0 Å². The maximum absolute atomic E-state index is 11.0. The number of carbonyl (C=O) groups is 1. The lowest BCUT2D eigenvalue weighted by molar-refractivity contribution is -0.117. The van der Waals surface area contributed by atoms with E-state index in [-0.39, 0.29) is 6.16 Å². The van der Waals surface area contributed by atoms with E-state index in [1.54, 1.807) is 0 Å². The molecule has 88 valence electrons. The molecule has 1 amide bonds. The molecule has 0 aromatic heterocycles. The van der Waals surface area contributed by atoms with Crippen molar-refractivity contribution in [2.45, 2.75) is 32.2 Å². The van der Waals surface area contributed by atoms with Gasteiger partial charge in [-0.05, 0) is 12.5 Å². The summed E-state index contributed by atoms with van der Waals surface area (Å²) in [6, 6.07) is -0.476. The van der Waals surface area contributed by atoms with Crippen LogP contribution in [0, 0.1) is 0 Å². The first kappa shape index (κ1) is 14.4. The number of hydrogen-bond donors (Lipinski definition) is 3. The van der Waals surface area contributed by atoms with Gasteiger partial charge in [0, 0.05) is 6.04 Å². The summed E-state index contributed by atoms with van der Waals surface area (Å²) in [5.41, 5.74) is 0. The van der Waals surface area contributed by atoms with E-state index in [9.17, 15) is 9.36 Å². The summed E-state index contributed by atoms with van der Waals surface area (Å²) in [4.78, 5) is 28.6. The second-order valence-corrected chi connectivity index (χ2v) is 5.09. The molecule has 0 aliphatic carbocycles. The van der Waals surface area contributed by atoms with Crippen LogP contribution in [-0.4, -0.2) is 27.9 Å². The van der Waals surface area contributed by atoms with Crippen LogP contribution in [0.3, 0.4) is 0 Å². The Morgan fingerprint density at radius 2 is 2.20 bits per heavy atom. The number of hydrogen-bond acceptors (Lipinski definition) is 2. The van der Waals surface area contributed by atoms with Gasteiger partial charge in [-0.2, -0.15) is 0 Å². The van der Waals surface area contributed by atoms with Crippen LogP contribution >= 0.6 is 7.60 Å². The highest BCUT2D eigenvalue weighted by Crippen LogP contribution is 2.35. The number of nitrogens with one attached hydrogen (secondary N) is 1. The topological polar surface area (TPSA) is 86.6 Å². The molecule has 0 heterocycles. The van der Waals surface area contributed by atoms with E-state index in [2.05, 4.69) is 11.9 Å². The zero-order valence-electron chi connectivity index (χ0n) is 8.85. The van der Waals surface area contributed by atoms with Crippen LogP contribution in [-0.2, 0) is 9.36 Å². The van der Waals surface area contributed by atoms with Gasteiger partial charge >= 0.3 is 7.60 Å². The molecule has 0 aliphatic rings. The van der Waals surface area contributed by atoms with Crippen molar-refractivity contribution in [2.75, 3.05) is 6.16 Å². The van der Waals surface area contributed by atoms with Crippen LogP contribution in [0.15, 0.2) is 12.7 Å². The van der Waals surface area contributed by atoms with Gasteiger partial charge in [0.15, 0.2) is 0 Å². The lowest BCUT2D eigenvalue weighted by Crippen LogP contribution is -2.36. The average Bonchev–Trinajstić information content (AvgIpc) is 2.11. The Morgan fingerprint density at radius 3 is 2.60 bits per heavy atom. The second-order valence-electron chi connectivity index (χ2n) is 3.40. The molecule has 0 rings (SSSR count). The molecule has 0 aromatic rings. The minimum Gasteiger partial charge on any atom is -0.349 e. The normalized spacial score (nSPS) is 13.3. The molecular weight excluding hydrogens is 217 g/mol. The highest BCUT2D eigenvalue weighted by Gasteiger charge is 2.21. The molecule has 0 radical (unpaired) electrons. The molecule has 6 heteroatoms. The lowest BCUT2D eigenvalue weighted by atomic mass is 10.1. The predicted octanol–water partition coefficient (Wildman–Crippen LogP) is 1.03. The quantitative estimate of drug-likeness (QED) is 0.454. The summed E-state index contributed by atoms with van der Waals surface area (Å²) >= 11 is 0. The van der Waals surface area contributed by atoms with Crippen molar-refractivity contribution in [3.05, 3.63) is 12.7 Å². The fourth-order valence-corrected chi connectivity index (χ4v) is 2.05. The number of unbranched alkanes of at least 4 members (excludes halogenated alkanes) is 1. The first-order chi connectivity index (χ1) is 6.89. The first-order valence-electron chi connectivity index (χ1n) is 4.86. The van der Waals surface area contributed by atoms with Crippen molar-refractivity contribution in [1.29, 1.82) is 0 Å². The summed E-state index contributed by atoms with van der Waals surface area (Å²) in [6.45, 7) is 5.26. The minimum atomic E-state index is -4.08. The first-order valence-corrected chi connectivity index (χ1v) is 6.66. The van der Waals surface area contributed by atoms with Crippen molar-refractivity contribution in [3.8, 4) is 0 Å². The molecule has 3 N–H and O–H groups in total. The summed E-state index contributed by atoms with van der Waals surface area (Å²) in [7, 11) is -4.08. The van der Waals surface area contributed by atoms with Gasteiger partial charge in [0.1, 0.15) is 0 Å². The fourth-order valence-electron chi connectivity index (χ4n) is 1.21. The summed E-state index contributed by atoms with van der Waals surface area (Å²) in [6.07, 6.45) is 3.09. The van der Waals surface area contributed by atoms with E-state index in [4.69, 9.17) is 9.79 Å². The third-order valence-corrected chi connectivity index (χ3v) is 2.81. The Hall–Kier alpha value is -0.640. The Kier molecular flexibility index (Phi) is 6.48. The summed E-state index contributed by atoms with van der Waals surface area (Å²) < 4.78 is 10.8. The van der Waals surface area contributed by atoms with E-state index in [0.29, 0.717) is 6.42 Å². The number of carbonyl (C=O) groups excluding carboxylic acids is 1. The van der Waals surface area contributed by atoms with E-state index in [1.165, 1.54) is 0 Å².